The normalized spacial score (nSPS) is 10.0. The Balaban J connectivity index is 2.80. The molecule has 58 valence electrons. The van der Waals surface area contributed by atoms with Crippen LogP contribution in [0, 0.1) is 11.3 Å². The van der Waals surface area contributed by atoms with Gasteiger partial charge in [0.15, 0.2) is 0 Å². The van der Waals surface area contributed by atoms with Crippen LogP contribution in [-0.2, 0) is 0 Å². The van der Waals surface area contributed by atoms with Crippen LogP contribution in [0.2, 0.25) is 5.02 Å². The highest BCUT2D eigenvalue weighted by Crippen LogP contribution is 2.20. The summed E-state index contributed by atoms with van der Waals surface area (Å²) in [6, 6.07) is 5.37. The van der Waals surface area contributed by atoms with Gasteiger partial charge >= 0.3 is 0 Å². The number of halogens is 1. The van der Waals surface area contributed by atoms with Crippen LogP contribution >= 0.6 is 11.6 Å². The Bertz CT molecular complexity index is 467. The van der Waals surface area contributed by atoms with Gasteiger partial charge in [0.1, 0.15) is 17.4 Å². The molecule has 0 aliphatic rings. The highest BCUT2D eigenvalue weighted by molar-refractivity contribution is 6.35. The molecule has 0 spiro atoms. The maximum atomic E-state index is 8.54. The third-order valence-electron chi connectivity index (χ3n) is 1.60. The smallest absolute Gasteiger partial charge is 0.142 e. The van der Waals surface area contributed by atoms with E-state index in [4.69, 9.17) is 16.9 Å². The number of nitrogens with zero attached hydrogens (tertiary/aromatic N) is 2. The molecule has 3 nitrogen and oxygen atoms in total. The van der Waals surface area contributed by atoms with Gasteiger partial charge in [-0.15, -0.1) is 0 Å². The van der Waals surface area contributed by atoms with E-state index < -0.39 is 0 Å². The number of hydrogen-bond acceptors (Lipinski definition) is 2. The predicted molar refractivity (Wildman–Crippen MR) is 45.8 cm³/mol. The quantitative estimate of drug-likeness (QED) is 0.670. The first-order chi connectivity index (χ1) is 5.81. The molecule has 2 rings (SSSR count). The van der Waals surface area contributed by atoms with Gasteiger partial charge in [-0.1, -0.05) is 11.6 Å². The minimum atomic E-state index is 0.390. The van der Waals surface area contributed by atoms with Crippen molar-refractivity contribution in [2.75, 3.05) is 0 Å². The molecule has 2 heterocycles. The van der Waals surface area contributed by atoms with Crippen molar-refractivity contribution in [3.8, 4) is 6.07 Å². The lowest BCUT2D eigenvalue weighted by Gasteiger charge is -1.89. The van der Waals surface area contributed by atoms with Gasteiger partial charge in [-0.05, 0) is 12.1 Å². The number of hydrogen-bond donors (Lipinski definition) is 1. The molecule has 0 saturated heterocycles. The monoisotopic (exact) mass is 177 g/mol. The van der Waals surface area contributed by atoms with Gasteiger partial charge in [0.05, 0.1) is 5.02 Å². The van der Waals surface area contributed by atoms with Crippen molar-refractivity contribution in [3.63, 3.8) is 0 Å². The Morgan fingerprint density at radius 3 is 3.08 bits per heavy atom. The van der Waals surface area contributed by atoms with Crippen molar-refractivity contribution in [3.05, 3.63) is 29.0 Å². The van der Waals surface area contributed by atoms with Crippen LogP contribution in [0.3, 0.4) is 0 Å². The highest BCUT2D eigenvalue weighted by Gasteiger charge is 2.02. The molecule has 0 amide bonds. The zero-order valence-corrected chi connectivity index (χ0v) is 6.76. The first-order valence-corrected chi connectivity index (χ1v) is 3.73. The fourth-order valence-electron chi connectivity index (χ4n) is 1.03. The summed E-state index contributed by atoms with van der Waals surface area (Å²) in [5.74, 6) is 0. The average molecular weight is 178 g/mol. The van der Waals surface area contributed by atoms with E-state index in [1.807, 2.05) is 6.07 Å². The molecule has 0 aromatic carbocycles. The van der Waals surface area contributed by atoms with Crippen molar-refractivity contribution in [2.24, 2.45) is 0 Å². The minimum absolute atomic E-state index is 0.390. The summed E-state index contributed by atoms with van der Waals surface area (Å²) in [4.78, 5) is 6.88. The van der Waals surface area contributed by atoms with E-state index in [0.29, 0.717) is 16.4 Å². The first-order valence-electron chi connectivity index (χ1n) is 3.35. The maximum Gasteiger partial charge on any atom is 0.142 e. The summed E-state index contributed by atoms with van der Waals surface area (Å²) in [7, 11) is 0. The molecule has 0 bridgehead atoms. The molecular formula is C8H4ClN3. The number of fused-ring (bicyclic) bond motifs is 1. The van der Waals surface area contributed by atoms with Gasteiger partial charge < -0.3 is 4.98 Å². The SMILES string of the molecule is N#Cc1ccc2c(Cl)c[nH]c2n1. The molecule has 0 saturated carbocycles. The maximum absolute atomic E-state index is 8.54. The van der Waals surface area contributed by atoms with Crippen LogP contribution in [0.1, 0.15) is 5.69 Å². The number of aromatic nitrogens is 2. The third kappa shape index (κ3) is 0.936. The van der Waals surface area contributed by atoms with Crippen molar-refractivity contribution in [2.45, 2.75) is 0 Å². The number of nitrogens with one attached hydrogen (secondary N) is 1. The van der Waals surface area contributed by atoms with Crippen molar-refractivity contribution in [1.29, 1.82) is 5.26 Å². The first kappa shape index (κ1) is 7.14. The Morgan fingerprint density at radius 2 is 2.33 bits per heavy atom. The van der Waals surface area contributed by atoms with Crippen molar-refractivity contribution >= 4 is 22.6 Å². The average Bonchev–Trinajstić information content (AvgIpc) is 2.47. The Morgan fingerprint density at radius 1 is 1.50 bits per heavy atom. The lowest BCUT2D eigenvalue weighted by molar-refractivity contribution is 1.28. The molecular weight excluding hydrogens is 174 g/mol. The molecule has 0 aliphatic carbocycles. The lowest BCUT2D eigenvalue weighted by Crippen LogP contribution is -1.81. The number of nitriles is 1. The van der Waals surface area contributed by atoms with Gasteiger partial charge in [0.2, 0.25) is 0 Å². The molecule has 4 heteroatoms. The van der Waals surface area contributed by atoms with E-state index in [1.165, 1.54) is 0 Å². The van der Waals surface area contributed by atoms with Crippen molar-refractivity contribution in [1.82, 2.24) is 9.97 Å². The fourth-order valence-corrected chi connectivity index (χ4v) is 1.24. The minimum Gasteiger partial charge on any atom is -0.345 e. The van der Waals surface area contributed by atoms with E-state index in [2.05, 4.69) is 9.97 Å². The number of H-pyrrole nitrogens is 1. The largest absolute Gasteiger partial charge is 0.345 e. The topological polar surface area (TPSA) is 52.5 Å². The molecule has 2 aromatic rings. The van der Waals surface area contributed by atoms with Gasteiger partial charge in [-0.2, -0.15) is 5.26 Å². The summed E-state index contributed by atoms with van der Waals surface area (Å²) >= 11 is 5.81. The van der Waals surface area contributed by atoms with E-state index in [0.717, 1.165) is 5.39 Å². The Labute approximate surface area is 73.6 Å². The van der Waals surface area contributed by atoms with Gasteiger partial charge in [-0.25, -0.2) is 4.98 Å². The zero-order valence-electron chi connectivity index (χ0n) is 6.00. The van der Waals surface area contributed by atoms with E-state index in [1.54, 1.807) is 18.3 Å². The zero-order chi connectivity index (χ0) is 8.55. The fraction of sp³-hybridized carbons (Fsp3) is 0. The van der Waals surface area contributed by atoms with E-state index in [9.17, 15) is 0 Å². The van der Waals surface area contributed by atoms with E-state index in [-0.39, 0.29) is 0 Å². The molecule has 1 N–H and O–H groups in total. The van der Waals surface area contributed by atoms with Gasteiger partial charge in [0, 0.05) is 11.6 Å². The van der Waals surface area contributed by atoms with Crippen LogP contribution in [0.25, 0.3) is 11.0 Å². The van der Waals surface area contributed by atoms with Crippen LogP contribution in [0.5, 0.6) is 0 Å². The highest BCUT2D eigenvalue weighted by atomic mass is 35.5. The van der Waals surface area contributed by atoms with Crippen LogP contribution in [0.4, 0.5) is 0 Å². The van der Waals surface area contributed by atoms with Crippen LogP contribution in [-0.4, -0.2) is 9.97 Å². The molecule has 0 aliphatic heterocycles. The lowest BCUT2D eigenvalue weighted by atomic mass is 10.3. The second-order valence-electron chi connectivity index (χ2n) is 2.34. The molecule has 0 radical (unpaired) electrons. The Hall–Kier alpha value is -1.53. The molecule has 0 unspecified atom stereocenters. The second-order valence-corrected chi connectivity index (χ2v) is 2.75. The second kappa shape index (κ2) is 2.50. The van der Waals surface area contributed by atoms with E-state index >= 15 is 0 Å². The molecule has 2 aromatic heterocycles. The molecule has 0 atom stereocenters. The number of aromatic amines is 1. The van der Waals surface area contributed by atoms with Crippen molar-refractivity contribution < 1.29 is 0 Å². The van der Waals surface area contributed by atoms with Crippen LogP contribution < -0.4 is 0 Å². The van der Waals surface area contributed by atoms with Gasteiger partial charge in [-0.3, -0.25) is 0 Å². The predicted octanol–water partition coefficient (Wildman–Crippen LogP) is 2.09. The number of pyridine rings is 1. The molecule has 0 fully saturated rings. The Kier molecular flexibility index (Phi) is 1.49. The third-order valence-corrected chi connectivity index (χ3v) is 1.92. The number of rotatable bonds is 0. The summed E-state index contributed by atoms with van der Waals surface area (Å²) < 4.78 is 0. The van der Waals surface area contributed by atoms with Crippen LogP contribution in [0.15, 0.2) is 18.3 Å². The van der Waals surface area contributed by atoms with Gasteiger partial charge in [0.25, 0.3) is 0 Å². The molecule has 12 heavy (non-hydrogen) atoms. The summed E-state index contributed by atoms with van der Waals surface area (Å²) in [5, 5.41) is 10.0. The summed E-state index contributed by atoms with van der Waals surface area (Å²) in [6.07, 6.45) is 1.65. The summed E-state index contributed by atoms with van der Waals surface area (Å²) in [6.45, 7) is 0. The standard InChI is InChI=1S/C8H4ClN3/c9-7-4-11-8-6(7)2-1-5(3-10)12-8/h1-2,4H,(H,11,12). The summed E-state index contributed by atoms with van der Waals surface area (Å²) in [5.41, 5.74) is 1.04.